The minimum absolute atomic E-state index is 0.128. The zero-order valence-corrected chi connectivity index (χ0v) is 14.6. The lowest BCUT2D eigenvalue weighted by Gasteiger charge is -2.25. The lowest BCUT2D eigenvalue weighted by atomic mass is 9.95. The predicted octanol–water partition coefficient (Wildman–Crippen LogP) is 3.17. The third kappa shape index (κ3) is 3.11. The van der Waals surface area contributed by atoms with Crippen LogP contribution in [0.15, 0.2) is 47.2 Å². The number of rotatable bonds is 4. The minimum Gasteiger partial charge on any atom is -0.333 e. The van der Waals surface area contributed by atoms with Gasteiger partial charge in [-0.3, -0.25) is 4.79 Å². The highest BCUT2D eigenvalue weighted by atomic mass is 19.1. The fourth-order valence-corrected chi connectivity index (χ4v) is 3.96. The first-order valence-corrected chi connectivity index (χ1v) is 9.15. The summed E-state index contributed by atoms with van der Waals surface area (Å²) in [6.45, 7) is 0.997. The smallest absolute Gasteiger partial charge is 0.319 e. The number of allylic oxidation sites excluding steroid dienone is 1. The molecule has 2 aliphatic heterocycles. The highest BCUT2D eigenvalue weighted by Crippen LogP contribution is 2.34. The average Bonchev–Trinajstić information content (AvgIpc) is 2.96. The summed E-state index contributed by atoms with van der Waals surface area (Å²) in [5.41, 5.74) is 2.76. The Morgan fingerprint density at radius 3 is 2.81 bits per heavy atom. The molecule has 1 atom stereocenters. The van der Waals surface area contributed by atoms with Crippen LogP contribution in [-0.4, -0.2) is 29.9 Å². The molecule has 1 aromatic rings. The largest absolute Gasteiger partial charge is 0.333 e. The van der Waals surface area contributed by atoms with E-state index in [2.05, 4.69) is 16.7 Å². The van der Waals surface area contributed by atoms with Crippen LogP contribution in [0.1, 0.15) is 43.7 Å². The Balaban J connectivity index is 1.54. The van der Waals surface area contributed by atoms with Gasteiger partial charge in [-0.2, -0.15) is 0 Å². The van der Waals surface area contributed by atoms with Crippen LogP contribution in [0.4, 0.5) is 9.18 Å². The maximum absolute atomic E-state index is 14.2. The number of amides is 3. The molecule has 0 aromatic heterocycles. The van der Waals surface area contributed by atoms with E-state index in [4.69, 9.17) is 0 Å². The molecule has 0 fully saturated rings. The second kappa shape index (κ2) is 6.94. The van der Waals surface area contributed by atoms with E-state index in [1.165, 1.54) is 24.5 Å². The zero-order chi connectivity index (χ0) is 18.1. The van der Waals surface area contributed by atoms with Crippen LogP contribution in [0, 0.1) is 5.82 Å². The van der Waals surface area contributed by atoms with Crippen molar-refractivity contribution in [3.63, 3.8) is 0 Å². The molecule has 1 aromatic carbocycles. The Labute approximate surface area is 151 Å². The highest BCUT2D eigenvalue weighted by Gasteiger charge is 2.40. The van der Waals surface area contributed by atoms with E-state index in [9.17, 15) is 14.0 Å². The fraction of sp³-hybridized carbons (Fsp3) is 0.400. The van der Waals surface area contributed by atoms with E-state index in [-0.39, 0.29) is 5.91 Å². The van der Waals surface area contributed by atoms with E-state index in [1.807, 2.05) is 0 Å². The molecule has 0 radical (unpaired) electrons. The Kier molecular flexibility index (Phi) is 4.49. The van der Waals surface area contributed by atoms with E-state index in [1.54, 1.807) is 23.1 Å². The van der Waals surface area contributed by atoms with Gasteiger partial charge in [0.25, 0.3) is 5.91 Å². The standard InChI is InChI=1S/C20H22FN3O2/c21-15-9-5-4-8-14(15)18-17-16(22-20(26)23-18)12-24(19(17)25)11-10-13-6-2-1-3-7-13/h4-6,8-9,18H,1-3,7,10-12H2,(H2,22,23,26)/t18-/m1/s1. The Hall–Kier alpha value is -2.63. The van der Waals surface area contributed by atoms with Crippen LogP contribution in [0.3, 0.4) is 0 Å². The van der Waals surface area contributed by atoms with Crippen molar-refractivity contribution in [1.29, 1.82) is 0 Å². The highest BCUT2D eigenvalue weighted by molar-refractivity contribution is 6.01. The molecule has 5 nitrogen and oxygen atoms in total. The number of carbonyl (C=O) groups excluding carboxylic acids is 2. The van der Waals surface area contributed by atoms with Crippen molar-refractivity contribution in [3.8, 4) is 0 Å². The molecule has 3 amide bonds. The number of urea groups is 1. The number of benzene rings is 1. The molecule has 6 heteroatoms. The molecular weight excluding hydrogens is 333 g/mol. The van der Waals surface area contributed by atoms with Gasteiger partial charge in [-0.25, -0.2) is 9.18 Å². The molecule has 2 N–H and O–H groups in total. The first-order chi connectivity index (χ1) is 12.6. The van der Waals surface area contributed by atoms with Crippen molar-refractivity contribution in [2.75, 3.05) is 13.1 Å². The van der Waals surface area contributed by atoms with Crippen molar-refractivity contribution in [2.24, 2.45) is 0 Å². The summed E-state index contributed by atoms with van der Waals surface area (Å²) in [6, 6.07) is 5.11. The van der Waals surface area contributed by atoms with Gasteiger partial charge in [0.05, 0.1) is 23.9 Å². The molecule has 0 bridgehead atoms. The van der Waals surface area contributed by atoms with Gasteiger partial charge in [-0.15, -0.1) is 0 Å². The van der Waals surface area contributed by atoms with Gasteiger partial charge < -0.3 is 15.5 Å². The number of carbonyl (C=O) groups is 2. The molecular formula is C20H22FN3O2. The van der Waals surface area contributed by atoms with Crippen molar-refractivity contribution in [1.82, 2.24) is 15.5 Å². The van der Waals surface area contributed by atoms with E-state index < -0.39 is 17.9 Å². The van der Waals surface area contributed by atoms with Crippen molar-refractivity contribution in [3.05, 3.63) is 58.6 Å². The van der Waals surface area contributed by atoms with Gasteiger partial charge in [-0.1, -0.05) is 29.8 Å². The maximum atomic E-state index is 14.2. The maximum Gasteiger partial charge on any atom is 0.319 e. The normalized spacial score (nSPS) is 22.7. The number of nitrogens with zero attached hydrogens (tertiary/aromatic N) is 1. The van der Waals surface area contributed by atoms with E-state index in [0.29, 0.717) is 29.9 Å². The summed E-state index contributed by atoms with van der Waals surface area (Å²) in [5, 5.41) is 5.42. The van der Waals surface area contributed by atoms with Crippen LogP contribution >= 0.6 is 0 Å². The second-order valence-corrected chi connectivity index (χ2v) is 7.03. The Morgan fingerprint density at radius 2 is 2.04 bits per heavy atom. The molecule has 3 aliphatic rings. The number of hydrogen-bond acceptors (Lipinski definition) is 2. The van der Waals surface area contributed by atoms with Gasteiger partial charge in [0, 0.05) is 12.1 Å². The van der Waals surface area contributed by atoms with Crippen molar-refractivity contribution in [2.45, 2.75) is 38.1 Å². The zero-order valence-electron chi connectivity index (χ0n) is 14.6. The van der Waals surface area contributed by atoms with Crippen LogP contribution in [0.5, 0.6) is 0 Å². The monoisotopic (exact) mass is 355 g/mol. The van der Waals surface area contributed by atoms with Gasteiger partial charge >= 0.3 is 6.03 Å². The number of nitrogens with one attached hydrogen (secondary N) is 2. The lowest BCUT2D eigenvalue weighted by molar-refractivity contribution is -0.125. The first kappa shape index (κ1) is 16.8. The fourth-order valence-electron chi connectivity index (χ4n) is 3.96. The van der Waals surface area contributed by atoms with E-state index >= 15 is 0 Å². The lowest BCUT2D eigenvalue weighted by Crippen LogP contribution is -2.44. The van der Waals surface area contributed by atoms with Gasteiger partial charge in [0.1, 0.15) is 5.82 Å². The van der Waals surface area contributed by atoms with Crippen molar-refractivity contribution >= 4 is 11.9 Å². The van der Waals surface area contributed by atoms with Gasteiger partial charge in [0.15, 0.2) is 0 Å². The van der Waals surface area contributed by atoms with Crippen LogP contribution in [0.2, 0.25) is 0 Å². The van der Waals surface area contributed by atoms with Crippen LogP contribution in [-0.2, 0) is 4.79 Å². The molecule has 0 saturated heterocycles. The number of halogens is 1. The summed E-state index contributed by atoms with van der Waals surface area (Å²) in [7, 11) is 0. The predicted molar refractivity (Wildman–Crippen MR) is 95.6 cm³/mol. The summed E-state index contributed by atoms with van der Waals surface area (Å²) in [5.74, 6) is -0.553. The SMILES string of the molecule is O=C1NC2=C(C(=O)N(CCC3=CCCCC3)C2)[C@@H](c2ccccc2F)N1. The summed E-state index contributed by atoms with van der Waals surface area (Å²) in [4.78, 5) is 26.7. The molecule has 0 spiro atoms. The molecule has 2 heterocycles. The third-order valence-electron chi connectivity index (χ3n) is 5.32. The van der Waals surface area contributed by atoms with Crippen LogP contribution in [0.25, 0.3) is 0 Å². The summed E-state index contributed by atoms with van der Waals surface area (Å²) in [6.07, 6.45) is 7.81. The molecule has 136 valence electrons. The van der Waals surface area contributed by atoms with Gasteiger partial charge in [0.2, 0.25) is 0 Å². The first-order valence-electron chi connectivity index (χ1n) is 9.15. The van der Waals surface area contributed by atoms with Crippen LogP contribution < -0.4 is 10.6 Å². The molecule has 26 heavy (non-hydrogen) atoms. The number of hydrogen-bond donors (Lipinski definition) is 2. The molecule has 4 rings (SSSR count). The molecule has 0 saturated carbocycles. The van der Waals surface area contributed by atoms with Crippen molar-refractivity contribution < 1.29 is 14.0 Å². The summed E-state index contributed by atoms with van der Waals surface area (Å²) >= 11 is 0. The molecule has 0 unspecified atom stereocenters. The Bertz CT molecular complexity index is 815. The second-order valence-electron chi connectivity index (χ2n) is 7.03. The Morgan fingerprint density at radius 1 is 1.19 bits per heavy atom. The minimum atomic E-state index is -0.744. The van der Waals surface area contributed by atoms with Gasteiger partial charge in [-0.05, 0) is 38.2 Å². The third-order valence-corrected chi connectivity index (χ3v) is 5.32. The topological polar surface area (TPSA) is 61.4 Å². The van der Waals surface area contributed by atoms with E-state index in [0.717, 1.165) is 19.3 Å². The summed E-state index contributed by atoms with van der Waals surface area (Å²) < 4.78 is 14.2. The quantitative estimate of drug-likeness (QED) is 0.815. The average molecular weight is 355 g/mol. The molecule has 1 aliphatic carbocycles.